The number of halogens is 3. The average molecular weight is 506 g/mol. The molecule has 3 aromatic carbocycles. The summed E-state index contributed by atoms with van der Waals surface area (Å²) in [4.78, 5) is 15.0. The molecule has 0 spiro atoms. The monoisotopic (exact) mass is 505 g/mol. The van der Waals surface area contributed by atoms with E-state index < -0.39 is 17.8 Å². The van der Waals surface area contributed by atoms with Gasteiger partial charge >= 0.3 is 12.3 Å². The number of carbonyl (C=O) groups excluding carboxylic acids is 1. The predicted molar refractivity (Wildman–Crippen MR) is 133 cm³/mol. The highest BCUT2D eigenvalue weighted by Gasteiger charge is 2.40. The van der Waals surface area contributed by atoms with Crippen molar-refractivity contribution in [3.05, 3.63) is 107 Å². The third-order valence-corrected chi connectivity index (χ3v) is 7.56. The minimum absolute atomic E-state index is 0.0396. The zero-order chi connectivity index (χ0) is 25.6. The number of fused-ring (bicyclic) bond motifs is 5. The minimum atomic E-state index is -4.40. The molecule has 3 aliphatic rings. The molecule has 0 aromatic heterocycles. The molecule has 2 aliphatic heterocycles. The SMILES string of the molecule is O=C(OCC1c2ccccc2-c2ccccc21)N1C2C=C(Cc3ccccc3C(F)(F)F)CC1COC2. The van der Waals surface area contributed by atoms with Crippen molar-refractivity contribution in [3.8, 4) is 11.1 Å². The summed E-state index contributed by atoms with van der Waals surface area (Å²) in [6.07, 6.45) is -2.29. The number of hydrogen-bond donors (Lipinski definition) is 0. The quantitative estimate of drug-likeness (QED) is 0.375. The zero-order valence-electron chi connectivity index (χ0n) is 20.1. The Morgan fingerprint density at radius 1 is 0.919 bits per heavy atom. The maximum absolute atomic E-state index is 13.5. The Morgan fingerprint density at radius 3 is 2.24 bits per heavy atom. The summed E-state index contributed by atoms with van der Waals surface area (Å²) in [6.45, 7) is 0.850. The van der Waals surface area contributed by atoms with Crippen LogP contribution in [0.5, 0.6) is 0 Å². The van der Waals surface area contributed by atoms with Crippen molar-refractivity contribution in [2.45, 2.75) is 37.0 Å². The van der Waals surface area contributed by atoms with E-state index in [9.17, 15) is 18.0 Å². The van der Waals surface area contributed by atoms with E-state index in [0.29, 0.717) is 19.6 Å². The van der Waals surface area contributed by atoms with Crippen LogP contribution < -0.4 is 0 Å². The standard InChI is InChI=1S/C30H26F3NO3/c31-30(32,33)28-12-6-1-7-20(28)13-19-14-21-16-36-17-22(15-19)34(21)29(35)37-18-27-25-10-4-2-8-23(25)24-9-3-5-11-26(24)27/h1-12,14,21-22,27H,13,15-18H2. The predicted octanol–water partition coefficient (Wildman–Crippen LogP) is 6.60. The smallest absolute Gasteiger partial charge is 0.416 e. The maximum atomic E-state index is 13.5. The molecule has 7 heteroatoms. The van der Waals surface area contributed by atoms with Crippen LogP contribution in [-0.4, -0.2) is 42.9 Å². The fourth-order valence-electron chi connectivity index (χ4n) is 5.96. The molecule has 1 aliphatic carbocycles. The van der Waals surface area contributed by atoms with Gasteiger partial charge in [-0.25, -0.2) is 4.79 Å². The number of hydrogen-bond acceptors (Lipinski definition) is 3. The van der Waals surface area contributed by atoms with Gasteiger partial charge in [-0.2, -0.15) is 13.2 Å². The number of amides is 1. The van der Waals surface area contributed by atoms with Gasteiger partial charge in [-0.15, -0.1) is 0 Å². The molecule has 37 heavy (non-hydrogen) atoms. The van der Waals surface area contributed by atoms with Crippen molar-refractivity contribution >= 4 is 6.09 Å². The van der Waals surface area contributed by atoms with Gasteiger partial charge in [-0.3, -0.25) is 4.90 Å². The average Bonchev–Trinajstić information content (AvgIpc) is 3.20. The van der Waals surface area contributed by atoms with Gasteiger partial charge in [0.2, 0.25) is 0 Å². The van der Waals surface area contributed by atoms with Crippen LogP contribution in [0.3, 0.4) is 0 Å². The van der Waals surface area contributed by atoms with Crippen LogP contribution >= 0.6 is 0 Å². The number of rotatable bonds is 4. The van der Waals surface area contributed by atoms with Gasteiger partial charge in [0.25, 0.3) is 0 Å². The van der Waals surface area contributed by atoms with E-state index in [1.54, 1.807) is 11.0 Å². The summed E-state index contributed by atoms with van der Waals surface area (Å²) < 4.78 is 52.0. The summed E-state index contributed by atoms with van der Waals surface area (Å²) in [5.41, 5.74) is 5.13. The Hall–Kier alpha value is -3.58. The van der Waals surface area contributed by atoms with Crippen molar-refractivity contribution in [3.63, 3.8) is 0 Å². The maximum Gasteiger partial charge on any atom is 0.416 e. The van der Waals surface area contributed by atoms with Crippen LogP contribution in [0, 0.1) is 0 Å². The first kappa shape index (κ1) is 23.8. The molecule has 2 bridgehead atoms. The Bertz CT molecular complexity index is 1320. The molecule has 1 fully saturated rings. The van der Waals surface area contributed by atoms with Crippen LogP contribution in [0.1, 0.15) is 34.6 Å². The van der Waals surface area contributed by atoms with Crippen LogP contribution in [0.2, 0.25) is 0 Å². The lowest BCUT2D eigenvalue weighted by Gasteiger charge is -2.44. The summed E-state index contributed by atoms with van der Waals surface area (Å²) in [5.74, 6) is -0.0396. The third-order valence-electron chi connectivity index (χ3n) is 7.56. The highest BCUT2D eigenvalue weighted by atomic mass is 19.4. The number of carbonyl (C=O) groups is 1. The number of alkyl halides is 3. The Balaban J connectivity index is 1.19. The molecule has 0 saturated carbocycles. The second kappa shape index (κ2) is 9.38. The molecule has 1 amide bonds. The summed E-state index contributed by atoms with van der Waals surface area (Å²) >= 11 is 0. The van der Waals surface area contributed by atoms with Gasteiger partial charge in [0.05, 0.1) is 30.9 Å². The molecule has 0 radical (unpaired) electrons. The summed E-state index contributed by atoms with van der Waals surface area (Å²) in [7, 11) is 0. The first-order valence-electron chi connectivity index (χ1n) is 12.5. The molecule has 2 atom stereocenters. The number of nitrogens with zero attached hydrogens (tertiary/aromatic N) is 1. The van der Waals surface area contributed by atoms with Crippen LogP contribution in [0.4, 0.5) is 18.0 Å². The molecule has 6 rings (SSSR count). The van der Waals surface area contributed by atoms with E-state index in [4.69, 9.17) is 9.47 Å². The highest BCUT2D eigenvalue weighted by molar-refractivity contribution is 5.79. The molecular formula is C30H26F3NO3. The highest BCUT2D eigenvalue weighted by Crippen LogP contribution is 2.44. The van der Waals surface area contributed by atoms with Crippen LogP contribution in [0.25, 0.3) is 11.1 Å². The van der Waals surface area contributed by atoms with Crippen molar-refractivity contribution in [1.29, 1.82) is 0 Å². The molecule has 190 valence electrons. The Kier molecular flexibility index (Phi) is 6.03. The Morgan fingerprint density at radius 2 is 1.57 bits per heavy atom. The van der Waals surface area contributed by atoms with Gasteiger partial charge in [-0.1, -0.05) is 78.4 Å². The van der Waals surface area contributed by atoms with Gasteiger partial charge < -0.3 is 9.47 Å². The second-order valence-electron chi connectivity index (χ2n) is 9.83. The van der Waals surface area contributed by atoms with Gasteiger partial charge in [-0.05, 0) is 46.7 Å². The summed E-state index contributed by atoms with van der Waals surface area (Å²) in [6, 6.07) is 21.4. The molecule has 3 aromatic rings. The van der Waals surface area contributed by atoms with Crippen LogP contribution in [0.15, 0.2) is 84.4 Å². The van der Waals surface area contributed by atoms with E-state index in [2.05, 4.69) is 24.3 Å². The first-order chi connectivity index (χ1) is 17.9. The topological polar surface area (TPSA) is 38.8 Å². The fraction of sp³-hybridized carbons (Fsp3) is 0.300. The van der Waals surface area contributed by atoms with Gasteiger partial charge in [0.1, 0.15) is 6.61 Å². The fourth-order valence-corrected chi connectivity index (χ4v) is 5.96. The third kappa shape index (κ3) is 4.42. The number of ether oxygens (including phenoxy) is 2. The largest absolute Gasteiger partial charge is 0.448 e. The number of benzene rings is 3. The van der Waals surface area contributed by atoms with E-state index in [1.165, 1.54) is 12.1 Å². The van der Waals surface area contributed by atoms with Crippen molar-refractivity contribution in [2.75, 3.05) is 19.8 Å². The second-order valence-corrected chi connectivity index (χ2v) is 9.83. The zero-order valence-corrected chi connectivity index (χ0v) is 20.1. The molecule has 0 N–H and O–H groups in total. The number of morpholine rings is 1. The van der Waals surface area contributed by atoms with Crippen LogP contribution in [-0.2, 0) is 22.1 Å². The Labute approximate surface area is 213 Å². The van der Waals surface area contributed by atoms with E-state index in [1.807, 2.05) is 30.3 Å². The molecular weight excluding hydrogens is 479 g/mol. The molecule has 2 heterocycles. The lowest BCUT2D eigenvalue weighted by Crippen LogP contribution is -2.56. The summed E-state index contributed by atoms with van der Waals surface area (Å²) in [5, 5.41) is 0. The van der Waals surface area contributed by atoms with Crippen molar-refractivity contribution < 1.29 is 27.4 Å². The lowest BCUT2D eigenvalue weighted by molar-refractivity contribution is -0.138. The van der Waals surface area contributed by atoms with E-state index in [-0.39, 0.29) is 36.6 Å². The lowest BCUT2D eigenvalue weighted by atomic mass is 9.89. The van der Waals surface area contributed by atoms with Crippen molar-refractivity contribution in [2.24, 2.45) is 0 Å². The first-order valence-corrected chi connectivity index (χ1v) is 12.5. The van der Waals surface area contributed by atoms with Crippen molar-refractivity contribution in [1.82, 2.24) is 4.90 Å². The molecule has 1 saturated heterocycles. The normalized spacial score (nSPS) is 20.7. The van der Waals surface area contributed by atoms with Gasteiger partial charge in [0, 0.05) is 5.92 Å². The minimum Gasteiger partial charge on any atom is -0.448 e. The van der Waals surface area contributed by atoms with E-state index in [0.717, 1.165) is 33.9 Å². The molecule has 2 unspecified atom stereocenters. The molecule has 4 nitrogen and oxygen atoms in total. The van der Waals surface area contributed by atoms with E-state index >= 15 is 0 Å². The van der Waals surface area contributed by atoms with Gasteiger partial charge in [0.15, 0.2) is 0 Å².